The highest BCUT2D eigenvalue weighted by atomic mass is 16.3. The standard InChI is InChI=1S/C12H27N3O/c1-11-7-14(4)12(10-16)9-15(8-11)6-5-13(2)3/h11-12,16H,5-10H2,1-4H3. The van der Waals surface area contributed by atoms with Crippen molar-refractivity contribution in [1.82, 2.24) is 14.7 Å². The Morgan fingerprint density at radius 2 is 1.94 bits per heavy atom. The van der Waals surface area contributed by atoms with Gasteiger partial charge in [0, 0.05) is 38.8 Å². The fourth-order valence-corrected chi connectivity index (χ4v) is 2.37. The number of aliphatic hydroxyl groups excluding tert-OH is 1. The molecule has 1 aliphatic rings. The molecule has 16 heavy (non-hydrogen) atoms. The van der Waals surface area contributed by atoms with Gasteiger partial charge >= 0.3 is 0 Å². The van der Waals surface area contributed by atoms with Gasteiger partial charge in [0.15, 0.2) is 0 Å². The second kappa shape index (κ2) is 6.55. The summed E-state index contributed by atoms with van der Waals surface area (Å²) >= 11 is 0. The average Bonchev–Trinajstić information content (AvgIpc) is 2.33. The van der Waals surface area contributed by atoms with E-state index in [4.69, 9.17) is 0 Å². The van der Waals surface area contributed by atoms with E-state index in [0.29, 0.717) is 12.0 Å². The van der Waals surface area contributed by atoms with E-state index in [2.05, 4.69) is 42.8 Å². The van der Waals surface area contributed by atoms with Crippen molar-refractivity contribution in [1.29, 1.82) is 0 Å². The second-order valence-corrected chi connectivity index (χ2v) is 5.44. The maximum Gasteiger partial charge on any atom is 0.0599 e. The smallest absolute Gasteiger partial charge is 0.0599 e. The van der Waals surface area contributed by atoms with Crippen molar-refractivity contribution < 1.29 is 5.11 Å². The Labute approximate surface area is 99.8 Å². The van der Waals surface area contributed by atoms with Crippen molar-refractivity contribution in [2.45, 2.75) is 13.0 Å². The third kappa shape index (κ3) is 4.37. The molecule has 0 aliphatic carbocycles. The van der Waals surface area contributed by atoms with Crippen LogP contribution in [-0.4, -0.2) is 86.3 Å². The Morgan fingerprint density at radius 1 is 1.25 bits per heavy atom. The summed E-state index contributed by atoms with van der Waals surface area (Å²) in [6, 6.07) is 0.298. The summed E-state index contributed by atoms with van der Waals surface area (Å²) in [4.78, 5) is 6.99. The van der Waals surface area contributed by atoms with E-state index >= 15 is 0 Å². The molecule has 0 spiro atoms. The van der Waals surface area contributed by atoms with Crippen molar-refractivity contribution in [3.05, 3.63) is 0 Å². The Bertz CT molecular complexity index is 199. The molecule has 0 aromatic rings. The van der Waals surface area contributed by atoms with Gasteiger partial charge in [0.1, 0.15) is 0 Å². The van der Waals surface area contributed by atoms with Gasteiger partial charge in [0.25, 0.3) is 0 Å². The Hall–Kier alpha value is -0.160. The van der Waals surface area contributed by atoms with Crippen molar-refractivity contribution in [3.8, 4) is 0 Å². The highest BCUT2D eigenvalue weighted by Crippen LogP contribution is 2.12. The van der Waals surface area contributed by atoms with Crippen molar-refractivity contribution in [3.63, 3.8) is 0 Å². The van der Waals surface area contributed by atoms with E-state index in [9.17, 15) is 5.11 Å². The molecule has 4 heteroatoms. The molecular formula is C12H27N3O. The molecule has 2 unspecified atom stereocenters. The lowest BCUT2D eigenvalue weighted by atomic mass is 10.1. The molecule has 0 amide bonds. The molecule has 1 heterocycles. The van der Waals surface area contributed by atoms with Crippen LogP contribution in [0.15, 0.2) is 0 Å². The topological polar surface area (TPSA) is 30.0 Å². The van der Waals surface area contributed by atoms with Gasteiger partial charge in [-0.15, -0.1) is 0 Å². The first-order valence-corrected chi connectivity index (χ1v) is 6.21. The van der Waals surface area contributed by atoms with E-state index in [1.165, 1.54) is 0 Å². The number of rotatable bonds is 4. The summed E-state index contributed by atoms with van der Waals surface area (Å²) in [7, 11) is 6.33. The lowest BCUT2D eigenvalue weighted by Crippen LogP contribution is -2.42. The zero-order valence-electron chi connectivity index (χ0n) is 11.2. The Balaban J connectivity index is 2.49. The first kappa shape index (κ1) is 13.9. The molecule has 1 fully saturated rings. The van der Waals surface area contributed by atoms with Gasteiger partial charge in [-0.2, -0.15) is 0 Å². The van der Waals surface area contributed by atoms with Crippen molar-refractivity contribution >= 4 is 0 Å². The fourth-order valence-electron chi connectivity index (χ4n) is 2.37. The maximum absolute atomic E-state index is 9.39. The van der Waals surface area contributed by atoms with Crippen LogP contribution in [0, 0.1) is 5.92 Å². The monoisotopic (exact) mass is 229 g/mol. The second-order valence-electron chi connectivity index (χ2n) is 5.44. The maximum atomic E-state index is 9.39. The Kier molecular flexibility index (Phi) is 5.69. The minimum Gasteiger partial charge on any atom is -0.395 e. The van der Waals surface area contributed by atoms with Crippen LogP contribution in [0.2, 0.25) is 0 Å². The van der Waals surface area contributed by atoms with Crippen molar-refractivity contribution in [2.75, 3.05) is 60.5 Å². The van der Waals surface area contributed by atoms with Crippen molar-refractivity contribution in [2.24, 2.45) is 5.92 Å². The lowest BCUT2D eigenvalue weighted by molar-refractivity contribution is 0.128. The first-order chi connectivity index (χ1) is 7.52. The van der Waals surface area contributed by atoms with Gasteiger partial charge in [-0.05, 0) is 27.1 Å². The molecule has 0 aromatic carbocycles. The zero-order chi connectivity index (χ0) is 12.1. The van der Waals surface area contributed by atoms with Crippen LogP contribution in [0.4, 0.5) is 0 Å². The molecule has 1 saturated heterocycles. The van der Waals surface area contributed by atoms with Crippen LogP contribution in [0.5, 0.6) is 0 Å². The largest absolute Gasteiger partial charge is 0.395 e. The number of hydrogen-bond donors (Lipinski definition) is 1. The summed E-state index contributed by atoms with van der Waals surface area (Å²) < 4.78 is 0. The predicted molar refractivity (Wildman–Crippen MR) is 67.7 cm³/mol. The molecule has 1 aliphatic heterocycles. The summed E-state index contributed by atoms with van der Waals surface area (Å²) in [6.45, 7) is 7.97. The molecule has 4 nitrogen and oxygen atoms in total. The summed E-state index contributed by atoms with van der Waals surface area (Å²) in [5.41, 5.74) is 0. The van der Waals surface area contributed by atoms with Crippen LogP contribution < -0.4 is 0 Å². The zero-order valence-corrected chi connectivity index (χ0v) is 11.2. The van der Waals surface area contributed by atoms with Gasteiger partial charge in [0.05, 0.1) is 6.61 Å². The first-order valence-electron chi connectivity index (χ1n) is 6.21. The van der Waals surface area contributed by atoms with Gasteiger partial charge < -0.3 is 14.9 Å². The third-order valence-corrected chi connectivity index (χ3v) is 3.34. The predicted octanol–water partition coefficient (Wildman–Crippen LogP) is -0.208. The molecular weight excluding hydrogens is 202 g/mol. The van der Waals surface area contributed by atoms with Crippen LogP contribution in [0.3, 0.4) is 0 Å². The highest BCUT2D eigenvalue weighted by Gasteiger charge is 2.24. The number of aliphatic hydroxyl groups is 1. The molecule has 0 bridgehead atoms. The van der Waals surface area contributed by atoms with E-state index < -0.39 is 0 Å². The minimum absolute atomic E-state index is 0.266. The highest BCUT2D eigenvalue weighted by molar-refractivity contribution is 4.80. The molecule has 1 N–H and O–H groups in total. The normalized spacial score (nSPS) is 29.6. The van der Waals surface area contributed by atoms with Gasteiger partial charge in [0.2, 0.25) is 0 Å². The van der Waals surface area contributed by atoms with Gasteiger partial charge in [-0.3, -0.25) is 4.90 Å². The van der Waals surface area contributed by atoms with Crippen LogP contribution in [-0.2, 0) is 0 Å². The molecule has 0 aromatic heterocycles. The average molecular weight is 229 g/mol. The van der Waals surface area contributed by atoms with Crippen LogP contribution in [0.25, 0.3) is 0 Å². The number of likely N-dealkylation sites (N-methyl/N-ethyl adjacent to an activating group) is 2. The van der Waals surface area contributed by atoms with E-state index in [-0.39, 0.29) is 6.61 Å². The number of nitrogens with zero attached hydrogens (tertiary/aromatic N) is 3. The summed E-state index contributed by atoms with van der Waals surface area (Å²) in [5.74, 6) is 0.684. The SMILES string of the molecule is CC1CN(CCN(C)C)CC(CO)N(C)C1. The minimum atomic E-state index is 0.266. The molecule has 0 radical (unpaired) electrons. The quantitative estimate of drug-likeness (QED) is 0.723. The summed E-state index contributed by atoms with van der Waals surface area (Å²) in [5, 5.41) is 9.39. The lowest BCUT2D eigenvalue weighted by Gasteiger charge is -2.27. The third-order valence-electron chi connectivity index (χ3n) is 3.34. The van der Waals surface area contributed by atoms with Crippen LogP contribution in [0.1, 0.15) is 6.92 Å². The molecule has 0 saturated carbocycles. The fraction of sp³-hybridized carbons (Fsp3) is 1.00. The van der Waals surface area contributed by atoms with E-state index in [1.807, 2.05) is 0 Å². The van der Waals surface area contributed by atoms with Crippen LogP contribution >= 0.6 is 0 Å². The van der Waals surface area contributed by atoms with Gasteiger partial charge in [-0.25, -0.2) is 0 Å². The molecule has 96 valence electrons. The van der Waals surface area contributed by atoms with E-state index in [1.54, 1.807) is 0 Å². The summed E-state index contributed by atoms with van der Waals surface area (Å²) in [6.07, 6.45) is 0. The van der Waals surface area contributed by atoms with Gasteiger partial charge in [-0.1, -0.05) is 6.92 Å². The molecule has 2 atom stereocenters. The number of hydrogen-bond acceptors (Lipinski definition) is 4. The Morgan fingerprint density at radius 3 is 2.50 bits per heavy atom. The molecule has 1 rings (SSSR count). The van der Waals surface area contributed by atoms with E-state index in [0.717, 1.165) is 32.7 Å².